The molecule has 0 fully saturated rings. The van der Waals surface area contributed by atoms with Crippen LogP contribution in [0.3, 0.4) is 0 Å². The molecule has 0 aliphatic rings. The van der Waals surface area contributed by atoms with E-state index in [0.29, 0.717) is 11.7 Å². The molecule has 72 valence electrons. The van der Waals surface area contributed by atoms with Crippen LogP contribution in [0, 0.1) is 6.92 Å². The summed E-state index contributed by atoms with van der Waals surface area (Å²) in [6.45, 7) is 4.45. The van der Waals surface area contributed by atoms with Gasteiger partial charge in [-0.3, -0.25) is 4.68 Å². The van der Waals surface area contributed by atoms with Gasteiger partial charge in [-0.15, -0.1) is 0 Å². The lowest BCUT2D eigenvalue weighted by atomic mass is 10.2. The molecule has 4 heteroatoms. The van der Waals surface area contributed by atoms with Crippen LogP contribution in [0.25, 0.3) is 6.08 Å². The van der Waals surface area contributed by atoms with Crippen molar-refractivity contribution < 1.29 is 0 Å². The van der Waals surface area contributed by atoms with Gasteiger partial charge in [-0.2, -0.15) is 5.10 Å². The zero-order chi connectivity index (χ0) is 10.0. The van der Waals surface area contributed by atoms with Gasteiger partial charge in [0.15, 0.2) is 0 Å². The van der Waals surface area contributed by atoms with Crippen molar-refractivity contribution in [2.45, 2.75) is 13.8 Å². The van der Waals surface area contributed by atoms with E-state index in [-0.39, 0.29) is 0 Å². The molecule has 0 radical (unpaired) electrons. The zero-order valence-electron chi connectivity index (χ0n) is 8.13. The van der Waals surface area contributed by atoms with Crippen molar-refractivity contribution in [3.05, 3.63) is 22.0 Å². The minimum atomic E-state index is 0.546. The van der Waals surface area contributed by atoms with Crippen molar-refractivity contribution in [2.75, 3.05) is 6.54 Å². The van der Waals surface area contributed by atoms with E-state index in [9.17, 15) is 0 Å². The Hall–Kier alpha value is -0.800. The Kier molecular flexibility index (Phi) is 3.12. The summed E-state index contributed by atoms with van der Waals surface area (Å²) in [6, 6.07) is 0. The molecule has 0 unspecified atom stereocenters. The lowest BCUT2D eigenvalue weighted by Crippen LogP contribution is -1.99. The Morgan fingerprint density at radius 3 is 2.69 bits per heavy atom. The van der Waals surface area contributed by atoms with Gasteiger partial charge in [0.1, 0.15) is 5.15 Å². The maximum atomic E-state index is 6.03. The highest BCUT2D eigenvalue weighted by molar-refractivity contribution is 6.31. The number of rotatable bonds is 2. The van der Waals surface area contributed by atoms with Crippen LogP contribution in [0.4, 0.5) is 0 Å². The molecule has 0 saturated heterocycles. The number of aromatic nitrogens is 2. The monoisotopic (exact) mass is 199 g/mol. The van der Waals surface area contributed by atoms with Crippen LogP contribution >= 0.6 is 11.6 Å². The average molecular weight is 200 g/mol. The largest absolute Gasteiger partial charge is 0.327 e. The summed E-state index contributed by atoms with van der Waals surface area (Å²) in [5, 5.41) is 4.85. The van der Waals surface area contributed by atoms with E-state index in [1.807, 2.05) is 27.0 Å². The highest BCUT2D eigenvalue weighted by atomic mass is 35.5. The Bertz CT molecular complexity index is 339. The smallest absolute Gasteiger partial charge is 0.134 e. The standard InChI is InChI=1S/C9H14ClN3/c1-6(5-11)4-8-7(2)12-13(3)9(8)10/h4H,5,11H2,1-3H3. The van der Waals surface area contributed by atoms with E-state index < -0.39 is 0 Å². The van der Waals surface area contributed by atoms with Crippen LogP contribution in [0.2, 0.25) is 5.15 Å². The maximum Gasteiger partial charge on any atom is 0.134 e. The number of nitrogens with two attached hydrogens (primary N) is 1. The van der Waals surface area contributed by atoms with Crippen molar-refractivity contribution in [3.8, 4) is 0 Å². The van der Waals surface area contributed by atoms with Gasteiger partial charge in [-0.1, -0.05) is 17.2 Å². The molecule has 0 atom stereocenters. The predicted molar refractivity (Wildman–Crippen MR) is 55.7 cm³/mol. The first kappa shape index (κ1) is 10.3. The van der Waals surface area contributed by atoms with Gasteiger partial charge in [0, 0.05) is 19.2 Å². The van der Waals surface area contributed by atoms with E-state index >= 15 is 0 Å². The van der Waals surface area contributed by atoms with Crippen molar-refractivity contribution in [1.29, 1.82) is 0 Å². The van der Waals surface area contributed by atoms with Gasteiger partial charge in [-0.25, -0.2) is 0 Å². The molecule has 0 spiro atoms. The second-order valence-electron chi connectivity index (χ2n) is 3.11. The van der Waals surface area contributed by atoms with Gasteiger partial charge < -0.3 is 5.73 Å². The molecule has 2 N–H and O–H groups in total. The summed E-state index contributed by atoms with van der Waals surface area (Å²) in [7, 11) is 1.82. The molecule has 3 nitrogen and oxygen atoms in total. The summed E-state index contributed by atoms with van der Waals surface area (Å²) < 4.78 is 1.66. The third kappa shape index (κ3) is 2.11. The Labute approximate surface area is 83.2 Å². The van der Waals surface area contributed by atoms with Gasteiger partial charge in [0.05, 0.1) is 5.69 Å². The molecule has 0 aliphatic heterocycles. The normalized spacial score (nSPS) is 12.2. The van der Waals surface area contributed by atoms with E-state index in [1.165, 1.54) is 0 Å². The fourth-order valence-corrected chi connectivity index (χ4v) is 1.34. The topological polar surface area (TPSA) is 43.8 Å². The van der Waals surface area contributed by atoms with Crippen LogP contribution in [-0.2, 0) is 7.05 Å². The molecule has 0 amide bonds. The van der Waals surface area contributed by atoms with Crippen LogP contribution in [0.5, 0.6) is 0 Å². The first-order valence-corrected chi connectivity index (χ1v) is 4.50. The minimum Gasteiger partial charge on any atom is -0.327 e. The quantitative estimate of drug-likeness (QED) is 0.789. The van der Waals surface area contributed by atoms with E-state index in [4.69, 9.17) is 17.3 Å². The predicted octanol–water partition coefficient (Wildman–Crippen LogP) is 1.74. The van der Waals surface area contributed by atoms with Crippen LogP contribution in [-0.4, -0.2) is 16.3 Å². The fraction of sp³-hybridized carbons (Fsp3) is 0.444. The van der Waals surface area contributed by atoms with Crippen molar-refractivity contribution in [3.63, 3.8) is 0 Å². The third-order valence-corrected chi connectivity index (χ3v) is 2.36. The molecule has 1 aromatic rings. The number of halogens is 1. The van der Waals surface area contributed by atoms with E-state index in [1.54, 1.807) is 4.68 Å². The molecule has 0 saturated carbocycles. The van der Waals surface area contributed by atoms with Gasteiger partial charge >= 0.3 is 0 Å². The minimum absolute atomic E-state index is 0.546. The Morgan fingerprint density at radius 1 is 1.69 bits per heavy atom. The Balaban J connectivity index is 3.14. The second kappa shape index (κ2) is 3.94. The van der Waals surface area contributed by atoms with Crippen molar-refractivity contribution >= 4 is 17.7 Å². The molecule has 0 aromatic carbocycles. The number of hydrogen-bond donors (Lipinski definition) is 1. The highest BCUT2D eigenvalue weighted by Gasteiger charge is 2.07. The van der Waals surface area contributed by atoms with E-state index in [2.05, 4.69) is 5.10 Å². The molecular weight excluding hydrogens is 186 g/mol. The fourth-order valence-electron chi connectivity index (χ4n) is 1.12. The van der Waals surface area contributed by atoms with Crippen LogP contribution in [0.1, 0.15) is 18.2 Å². The second-order valence-corrected chi connectivity index (χ2v) is 3.47. The molecular formula is C9H14ClN3. The summed E-state index contributed by atoms with van der Waals surface area (Å²) in [5.74, 6) is 0. The summed E-state index contributed by atoms with van der Waals surface area (Å²) in [4.78, 5) is 0. The van der Waals surface area contributed by atoms with Crippen molar-refractivity contribution in [2.24, 2.45) is 12.8 Å². The lowest BCUT2D eigenvalue weighted by molar-refractivity contribution is 0.757. The Morgan fingerprint density at radius 2 is 2.31 bits per heavy atom. The third-order valence-electron chi connectivity index (χ3n) is 1.91. The van der Waals surface area contributed by atoms with Crippen LogP contribution in [0.15, 0.2) is 5.57 Å². The van der Waals surface area contributed by atoms with Crippen LogP contribution < -0.4 is 5.73 Å². The van der Waals surface area contributed by atoms with E-state index in [0.717, 1.165) is 16.8 Å². The molecule has 0 bridgehead atoms. The molecule has 1 rings (SSSR count). The molecule has 0 aliphatic carbocycles. The summed E-state index contributed by atoms with van der Waals surface area (Å²) in [6.07, 6.45) is 1.98. The number of nitrogens with zero attached hydrogens (tertiary/aromatic N) is 2. The molecule has 1 aromatic heterocycles. The number of aryl methyl sites for hydroxylation is 2. The molecule has 13 heavy (non-hydrogen) atoms. The maximum absolute atomic E-state index is 6.03. The van der Waals surface area contributed by atoms with Gasteiger partial charge in [0.2, 0.25) is 0 Å². The highest BCUT2D eigenvalue weighted by Crippen LogP contribution is 2.21. The van der Waals surface area contributed by atoms with Crippen molar-refractivity contribution in [1.82, 2.24) is 9.78 Å². The lowest BCUT2D eigenvalue weighted by Gasteiger charge is -1.96. The number of hydrogen-bond acceptors (Lipinski definition) is 2. The van der Waals surface area contributed by atoms with Gasteiger partial charge in [0.25, 0.3) is 0 Å². The average Bonchev–Trinajstić information content (AvgIpc) is 2.32. The summed E-state index contributed by atoms with van der Waals surface area (Å²) in [5.41, 5.74) is 8.48. The SMILES string of the molecule is CC(=Cc1c(C)nn(C)c1Cl)CN. The molecule has 1 heterocycles. The van der Waals surface area contributed by atoms with Gasteiger partial charge in [-0.05, 0) is 19.9 Å². The first-order chi connectivity index (χ1) is 6.06. The first-order valence-electron chi connectivity index (χ1n) is 4.12. The summed E-state index contributed by atoms with van der Waals surface area (Å²) >= 11 is 6.03. The zero-order valence-corrected chi connectivity index (χ0v) is 8.89.